The summed E-state index contributed by atoms with van der Waals surface area (Å²) in [6, 6.07) is 10.1. The zero-order chi connectivity index (χ0) is 13.7. The number of anilines is 1. The molecule has 0 unspecified atom stereocenters. The van der Waals surface area contributed by atoms with Crippen LogP contribution in [0.25, 0.3) is 5.69 Å². The first-order valence-corrected chi connectivity index (χ1v) is 7.19. The van der Waals surface area contributed by atoms with E-state index in [4.69, 9.17) is 10.8 Å². The number of rotatable bonds is 6. The normalized spacial score (nSPS) is 10.8. The predicted octanol–water partition coefficient (Wildman–Crippen LogP) is 3.75. The van der Waals surface area contributed by atoms with Crippen molar-refractivity contribution in [3.05, 3.63) is 41.6 Å². The molecule has 0 saturated carbocycles. The maximum atomic E-state index is 6.25. The molecule has 1 heterocycles. The Balaban J connectivity index is 2.30. The van der Waals surface area contributed by atoms with Crippen molar-refractivity contribution in [1.29, 1.82) is 0 Å². The first-order chi connectivity index (χ1) is 9.27. The predicted molar refractivity (Wildman–Crippen MR) is 80.6 cm³/mol. The average Bonchev–Trinajstić information content (AvgIpc) is 2.76. The second kappa shape index (κ2) is 6.41. The molecule has 3 heteroatoms. The average molecular weight is 257 g/mol. The number of aryl methyl sites for hydroxylation is 1. The van der Waals surface area contributed by atoms with Gasteiger partial charge < -0.3 is 5.73 Å². The van der Waals surface area contributed by atoms with Crippen LogP contribution in [0.3, 0.4) is 0 Å². The van der Waals surface area contributed by atoms with Gasteiger partial charge in [0.2, 0.25) is 0 Å². The van der Waals surface area contributed by atoms with Crippen molar-refractivity contribution in [2.75, 3.05) is 5.73 Å². The van der Waals surface area contributed by atoms with Crippen LogP contribution in [-0.4, -0.2) is 9.78 Å². The van der Waals surface area contributed by atoms with Crippen LogP contribution < -0.4 is 5.73 Å². The summed E-state index contributed by atoms with van der Waals surface area (Å²) >= 11 is 0. The Bertz CT molecular complexity index is 514. The Hall–Kier alpha value is -1.77. The lowest BCUT2D eigenvalue weighted by Crippen LogP contribution is -2.02. The highest BCUT2D eigenvalue weighted by Gasteiger charge is 2.14. The van der Waals surface area contributed by atoms with Gasteiger partial charge in [0.05, 0.1) is 11.4 Å². The van der Waals surface area contributed by atoms with Gasteiger partial charge in [-0.25, -0.2) is 4.68 Å². The van der Waals surface area contributed by atoms with Crippen molar-refractivity contribution in [1.82, 2.24) is 9.78 Å². The monoisotopic (exact) mass is 257 g/mol. The highest BCUT2D eigenvalue weighted by atomic mass is 15.3. The van der Waals surface area contributed by atoms with Crippen LogP contribution in [0.1, 0.15) is 44.4 Å². The second-order valence-electron chi connectivity index (χ2n) is 4.87. The number of nitrogen functional groups attached to an aromatic ring is 1. The van der Waals surface area contributed by atoms with Crippen molar-refractivity contribution >= 4 is 5.82 Å². The summed E-state index contributed by atoms with van der Waals surface area (Å²) in [5.74, 6) is 0.792. The van der Waals surface area contributed by atoms with E-state index in [1.165, 1.54) is 24.8 Å². The highest BCUT2D eigenvalue weighted by Crippen LogP contribution is 2.23. The van der Waals surface area contributed by atoms with Gasteiger partial charge in [-0.15, -0.1) is 0 Å². The third-order valence-electron chi connectivity index (χ3n) is 3.48. The number of para-hydroxylation sites is 1. The quantitative estimate of drug-likeness (QED) is 0.801. The summed E-state index contributed by atoms with van der Waals surface area (Å²) in [5.41, 5.74) is 9.66. The molecule has 1 aromatic carbocycles. The van der Waals surface area contributed by atoms with Gasteiger partial charge in [0.15, 0.2) is 0 Å². The zero-order valence-electron chi connectivity index (χ0n) is 11.9. The summed E-state index contributed by atoms with van der Waals surface area (Å²) in [5, 5.41) is 4.71. The molecule has 1 aromatic heterocycles. The van der Waals surface area contributed by atoms with Crippen LogP contribution in [0, 0.1) is 0 Å². The molecule has 0 bridgehead atoms. The molecule has 2 aromatic rings. The maximum Gasteiger partial charge on any atom is 0.130 e. The molecular formula is C16H23N3. The Labute approximate surface area is 115 Å². The summed E-state index contributed by atoms with van der Waals surface area (Å²) in [6.07, 6.45) is 5.65. The van der Waals surface area contributed by atoms with E-state index in [0.717, 1.165) is 30.0 Å². The lowest BCUT2D eigenvalue weighted by atomic mass is 10.1. The van der Waals surface area contributed by atoms with Gasteiger partial charge >= 0.3 is 0 Å². The number of aromatic nitrogens is 2. The van der Waals surface area contributed by atoms with Crippen LogP contribution in [0.4, 0.5) is 5.82 Å². The van der Waals surface area contributed by atoms with Gasteiger partial charge in [-0.05, 0) is 31.4 Å². The minimum absolute atomic E-state index is 0.792. The molecule has 0 atom stereocenters. The molecule has 2 rings (SSSR count). The molecule has 0 radical (unpaired) electrons. The van der Waals surface area contributed by atoms with E-state index in [-0.39, 0.29) is 0 Å². The number of nitrogens with two attached hydrogens (primary N) is 1. The van der Waals surface area contributed by atoms with E-state index in [0.29, 0.717) is 0 Å². The summed E-state index contributed by atoms with van der Waals surface area (Å²) in [6.45, 7) is 4.36. The third kappa shape index (κ3) is 2.98. The first kappa shape index (κ1) is 13.7. The Morgan fingerprint density at radius 3 is 2.47 bits per heavy atom. The van der Waals surface area contributed by atoms with E-state index in [9.17, 15) is 0 Å². The molecule has 0 saturated heterocycles. The molecule has 19 heavy (non-hydrogen) atoms. The van der Waals surface area contributed by atoms with Crippen molar-refractivity contribution in [2.24, 2.45) is 0 Å². The fourth-order valence-corrected chi connectivity index (χ4v) is 2.41. The fourth-order valence-electron chi connectivity index (χ4n) is 2.41. The van der Waals surface area contributed by atoms with Crippen LogP contribution in [0.15, 0.2) is 30.3 Å². The summed E-state index contributed by atoms with van der Waals surface area (Å²) in [4.78, 5) is 0. The van der Waals surface area contributed by atoms with E-state index < -0.39 is 0 Å². The molecule has 102 valence electrons. The number of hydrogen-bond donors (Lipinski definition) is 1. The largest absolute Gasteiger partial charge is 0.383 e. The highest BCUT2D eigenvalue weighted by molar-refractivity contribution is 5.50. The lowest BCUT2D eigenvalue weighted by Gasteiger charge is -2.03. The minimum Gasteiger partial charge on any atom is -0.383 e. The number of nitrogens with zero attached hydrogens (tertiary/aromatic N) is 2. The maximum absolute atomic E-state index is 6.25. The van der Waals surface area contributed by atoms with E-state index in [1.54, 1.807) is 0 Å². The topological polar surface area (TPSA) is 43.8 Å². The van der Waals surface area contributed by atoms with Crippen LogP contribution in [0.5, 0.6) is 0 Å². The van der Waals surface area contributed by atoms with Crippen LogP contribution in [0.2, 0.25) is 0 Å². The molecule has 0 amide bonds. The minimum atomic E-state index is 0.792. The third-order valence-corrected chi connectivity index (χ3v) is 3.48. The van der Waals surface area contributed by atoms with Crippen molar-refractivity contribution in [2.45, 2.75) is 46.0 Å². The summed E-state index contributed by atoms with van der Waals surface area (Å²) < 4.78 is 1.88. The molecular weight excluding hydrogens is 234 g/mol. The molecule has 0 fully saturated rings. The van der Waals surface area contributed by atoms with E-state index in [1.807, 2.05) is 35.0 Å². The SMILES string of the molecule is CCCCCc1nn(-c2ccccc2)c(N)c1CC. The number of benzene rings is 1. The van der Waals surface area contributed by atoms with Gasteiger partial charge in [0.1, 0.15) is 5.82 Å². The van der Waals surface area contributed by atoms with E-state index in [2.05, 4.69) is 13.8 Å². The molecule has 3 nitrogen and oxygen atoms in total. The Kier molecular flexibility index (Phi) is 4.61. The molecule has 0 aliphatic carbocycles. The lowest BCUT2D eigenvalue weighted by molar-refractivity contribution is 0.695. The number of hydrogen-bond acceptors (Lipinski definition) is 2. The summed E-state index contributed by atoms with van der Waals surface area (Å²) in [7, 11) is 0. The second-order valence-corrected chi connectivity index (χ2v) is 4.87. The van der Waals surface area contributed by atoms with E-state index >= 15 is 0 Å². The Morgan fingerprint density at radius 1 is 1.11 bits per heavy atom. The van der Waals surface area contributed by atoms with Gasteiger partial charge in [-0.2, -0.15) is 5.10 Å². The smallest absolute Gasteiger partial charge is 0.130 e. The van der Waals surface area contributed by atoms with Gasteiger partial charge in [0, 0.05) is 5.56 Å². The van der Waals surface area contributed by atoms with Gasteiger partial charge in [-0.3, -0.25) is 0 Å². The van der Waals surface area contributed by atoms with Gasteiger partial charge in [0.25, 0.3) is 0 Å². The van der Waals surface area contributed by atoms with Crippen molar-refractivity contribution < 1.29 is 0 Å². The van der Waals surface area contributed by atoms with Crippen LogP contribution >= 0.6 is 0 Å². The molecule has 2 N–H and O–H groups in total. The Morgan fingerprint density at radius 2 is 1.84 bits per heavy atom. The standard InChI is InChI=1S/C16H23N3/c1-3-5-7-12-15-14(4-2)16(17)19(18-15)13-10-8-6-9-11-13/h6,8-11H,3-5,7,12,17H2,1-2H3. The number of unbranched alkanes of at least 4 members (excludes halogenated alkanes) is 2. The molecule has 0 aliphatic heterocycles. The van der Waals surface area contributed by atoms with Crippen LogP contribution in [-0.2, 0) is 12.8 Å². The zero-order valence-corrected chi connectivity index (χ0v) is 11.9. The molecule has 0 spiro atoms. The first-order valence-electron chi connectivity index (χ1n) is 7.19. The fraction of sp³-hybridized carbons (Fsp3) is 0.438. The van der Waals surface area contributed by atoms with Crippen molar-refractivity contribution in [3.63, 3.8) is 0 Å². The molecule has 0 aliphatic rings. The van der Waals surface area contributed by atoms with Crippen molar-refractivity contribution in [3.8, 4) is 5.69 Å². The van der Waals surface area contributed by atoms with Gasteiger partial charge in [-0.1, -0.05) is 44.9 Å².